The lowest BCUT2D eigenvalue weighted by atomic mass is 9.96. The van der Waals surface area contributed by atoms with Gasteiger partial charge in [-0.1, -0.05) is 30.3 Å². The number of nitrogens with one attached hydrogen (secondary N) is 1. The molecule has 1 amide bonds. The standard InChI is InChI=1S/C31H34N2O9/c1-37-13-14-40-19-42-30(35)24-16-27(41-18-21-7-5-4-6-8-21)26(38-2)15-23(24)22-11-12-25(33-28(22)31(36)39-3)29(34)32-17-20-9-10-20/h4-8,11-12,15-16,20H,9-10,13-14,17-19H2,1-3H3,(H,32,34). The zero-order chi connectivity index (χ0) is 29.9. The van der Waals surface area contributed by atoms with Crippen LogP contribution in [0.15, 0.2) is 54.6 Å². The van der Waals surface area contributed by atoms with Crippen molar-refractivity contribution >= 4 is 17.8 Å². The molecule has 0 radical (unpaired) electrons. The van der Waals surface area contributed by atoms with Crippen molar-refractivity contribution in [3.05, 3.63) is 77.1 Å². The highest BCUT2D eigenvalue weighted by Crippen LogP contribution is 2.38. The summed E-state index contributed by atoms with van der Waals surface area (Å²) in [4.78, 5) is 43.3. The second kappa shape index (κ2) is 14.9. The molecule has 1 aliphatic rings. The van der Waals surface area contributed by atoms with Gasteiger partial charge >= 0.3 is 11.9 Å². The van der Waals surface area contributed by atoms with Gasteiger partial charge in [0.25, 0.3) is 5.91 Å². The number of hydrogen-bond donors (Lipinski definition) is 1. The summed E-state index contributed by atoms with van der Waals surface area (Å²) in [6.45, 7) is 0.990. The van der Waals surface area contributed by atoms with E-state index in [0.717, 1.165) is 18.4 Å². The van der Waals surface area contributed by atoms with Gasteiger partial charge < -0.3 is 33.7 Å². The molecule has 1 heterocycles. The lowest BCUT2D eigenvalue weighted by Gasteiger charge is -2.18. The van der Waals surface area contributed by atoms with Gasteiger partial charge in [0.15, 0.2) is 24.0 Å². The maximum atomic E-state index is 13.3. The first-order valence-corrected chi connectivity index (χ1v) is 13.5. The topological polar surface area (TPSA) is 132 Å². The van der Waals surface area contributed by atoms with Crippen molar-refractivity contribution in [2.24, 2.45) is 5.92 Å². The Bertz CT molecular complexity index is 1390. The highest BCUT2D eigenvalue weighted by atomic mass is 16.7. The molecule has 0 bridgehead atoms. The molecule has 0 atom stereocenters. The molecule has 1 fully saturated rings. The van der Waals surface area contributed by atoms with Crippen molar-refractivity contribution in [1.82, 2.24) is 10.3 Å². The minimum absolute atomic E-state index is 0.0465. The number of methoxy groups -OCH3 is 3. The van der Waals surface area contributed by atoms with E-state index in [-0.39, 0.29) is 53.8 Å². The number of hydrogen-bond acceptors (Lipinski definition) is 10. The van der Waals surface area contributed by atoms with Gasteiger partial charge in [0.2, 0.25) is 0 Å². The van der Waals surface area contributed by atoms with Crippen LogP contribution in [-0.4, -0.2) is 70.7 Å². The molecule has 0 saturated heterocycles. The second-order valence-electron chi connectivity index (χ2n) is 9.51. The summed E-state index contributed by atoms with van der Waals surface area (Å²) in [5.74, 6) is -0.884. The van der Waals surface area contributed by atoms with Crippen molar-refractivity contribution in [3.63, 3.8) is 0 Å². The molecule has 222 valence electrons. The highest BCUT2D eigenvalue weighted by Gasteiger charge is 2.27. The van der Waals surface area contributed by atoms with Crippen LogP contribution in [0.1, 0.15) is 49.7 Å². The van der Waals surface area contributed by atoms with Crippen molar-refractivity contribution < 1.29 is 42.8 Å². The van der Waals surface area contributed by atoms with E-state index < -0.39 is 17.8 Å². The molecule has 0 spiro atoms. The lowest BCUT2D eigenvalue weighted by Crippen LogP contribution is -2.27. The smallest absolute Gasteiger partial charge is 0.357 e. The number of pyridine rings is 1. The zero-order valence-electron chi connectivity index (χ0n) is 23.8. The summed E-state index contributed by atoms with van der Waals surface area (Å²) < 4.78 is 32.2. The highest BCUT2D eigenvalue weighted by molar-refractivity contribution is 6.04. The molecular formula is C31H34N2O9. The third-order valence-corrected chi connectivity index (χ3v) is 6.51. The van der Waals surface area contributed by atoms with Crippen LogP contribution in [0.5, 0.6) is 11.5 Å². The lowest BCUT2D eigenvalue weighted by molar-refractivity contribution is -0.0435. The van der Waals surface area contributed by atoms with E-state index >= 15 is 0 Å². The normalized spacial score (nSPS) is 12.4. The number of benzene rings is 2. The third kappa shape index (κ3) is 8.05. The average molecular weight is 579 g/mol. The summed E-state index contributed by atoms with van der Waals surface area (Å²) in [5.41, 5.74) is 1.37. The molecule has 2 aromatic carbocycles. The fourth-order valence-corrected chi connectivity index (χ4v) is 4.04. The van der Waals surface area contributed by atoms with Crippen LogP contribution in [0.4, 0.5) is 0 Å². The van der Waals surface area contributed by atoms with E-state index in [9.17, 15) is 14.4 Å². The Kier molecular flexibility index (Phi) is 10.8. The van der Waals surface area contributed by atoms with Gasteiger partial charge in [-0.05, 0) is 48.6 Å². The first kappa shape index (κ1) is 30.5. The summed E-state index contributed by atoms with van der Waals surface area (Å²) in [6.07, 6.45) is 2.15. The number of carbonyl (C=O) groups excluding carboxylic acids is 3. The van der Waals surface area contributed by atoms with E-state index in [1.54, 1.807) is 6.07 Å². The monoisotopic (exact) mass is 578 g/mol. The molecule has 0 unspecified atom stereocenters. The maximum absolute atomic E-state index is 13.3. The number of esters is 2. The first-order valence-electron chi connectivity index (χ1n) is 13.5. The molecule has 1 aliphatic carbocycles. The Balaban J connectivity index is 1.72. The molecule has 3 aromatic rings. The number of rotatable bonds is 15. The van der Waals surface area contributed by atoms with Crippen LogP contribution < -0.4 is 14.8 Å². The van der Waals surface area contributed by atoms with Crippen LogP contribution in [0.2, 0.25) is 0 Å². The molecule has 0 aliphatic heterocycles. The van der Waals surface area contributed by atoms with E-state index in [1.807, 2.05) is 30.3 Å². The molecule has 4 rings (SSSR count). The van der Waals surface area contributed by atoms with Gasteiger partial charge in [-0.2, -0.15) is 0 Å². The van der Waals surface area contributed by atoms with E-state index in [2.05, 4.69) is 10.3 Å². The van der Waals surface area contributed by atoms with Crippen molar-refractivity contribution in [2.75, 3.05) is 47.9 Å². The molecular weight excluding hydrogens is 544 g/mol. The summed E-state index contributed by atoms with van der Waals surface area (Å²) >= 11 is 0. The van der Waals surface area contributed by atoms with E-state index in [0.29, 0.717) is 24.8 Å². The summed E-state index contributed by atoms with van der Waals surface area (Å²) in [7, 11) is 4.20. The number of carbonyl (C=O) groups is 3. The molecule has 11 nitrogen and oxygen atoms in total. The maximum Gasteiger partial charge on any atom is 0.357 e. The Morgan fingerprint density at radius 1 is 0.905 bits per heavy atom. The number of aromatic nitrogens is 1. The number of amides is 1. The fraction of sp³-hybridized carbons (Fsp3) is 0.355. The first-order chi connectivity index (χ1) is 20.4. The van der Waals surface area contributed by atoms with Crippen molar-refractivity contribution in [2.45, 2.75) is 19.4 Å². The van der Waals surface area contributed by atoms with Gasteiger partial charge in [-0.15, -0.1) is 0 Å². The van der Waals surface area contributed by atoms with Gasteiger partial charge in [0.1, 0.15) is 12.3 Å². The van der Waals surface area contributed by atoms with Crippen LogP contribution in [0.3, 0.4) is 0 Å². The SMILES string of the molecule is COCCOCOC(=O)c1cc(OCc2ccccc2)c(OC)cc1-c1ccc(C(=O)NCC2CC2)nc1C(=O)OC. The van der Waals surface area contributed by atoms with Crippen LogP contribution in [-0.2, 0) is 25.6 Å². The van der Waals surface area contributed by atoms with Crippen molar-refractivity contribution in [3.8, 4) is 22.6 Å². The molecule has 42 heavy (non-hydrogen) atoms. The Hall–Kier alpha value is -4.48. The predicted octanol–water partition coefficient (Wildman–Crippen LogP) is 4.04. The molecule has 11 heteroatoms. The molecule has 1 N–H and O–H groups in total. The van der Waals surface area contributed by atoms with Gasteiger partial charge in [-0.25, -0.2) is 14.6 Å². The van der Waals surface area contributed by atoms with Crippen LogP contribution in [0, 0.1) is 5.92 Å². The Morgan fingerprint density at radius 3 is 2.38 bits per heavy atom. The molecule has 1 aromatic heterocycles. The predicted molar refractivity (Wildman–Crippen MR) is 152 cm³/mol. The number of nitrogens with zero attached hydrogens (tertiary/aromatic N) is 1. The van der Waals surface area contributed by atoms with Crippen molar-refractivity contribution in [1.29, 1.82) is 0 Å². The average Bonchev–Trinajstić information content (AvgIpc) is 3.86. The minimum Gasteiger partial charge on any atom is -0.493 e. The summed E-state index contributed by atoms with van der Waals surface area (Å²) in [6, 6.07) is 15.6. The molecule has 1 saturated carbocycles. The van der Waals surface area contributed by atoms with E-state index in [4.69, 9.17) is 28.4 Å². The van der Waals surface area contributed by atoms with Crippen LogP contribution in [0.25, 0.3) is 11.1 Å². The minimum atomic E-state index is -0.785. The fourth-order valence-electron chi connectivity index (χ4n) is 4.04. The Labute approximate surface area is 244 Å². The van der Waals surface area contributed by atoms with Gasteiger partial charge in [0.05, 0.1) is 33.0 Å². The van der Waals surface area contributed by atoms with Crippen LogP contribution >= 0.6 is 0 Å². The Morgan fingerprint density at radius 2 is 1.69 bits per heavy atom. The summed E-state index contributed by atoms with van der Waals surface area (Å²) in [5, 5.41) is 2.84. The van der Waals surface area contributed by atoms with E-state index in [1.165, 1.54) is 39.5 Å². The third-order valence-electron chi connectivity index (χ3n) is 6.51. The largest absolute Gasteiger partial charge is 0.493 e. The van der Waals surface area contributed by atoms with Gasteiger partial charge in [0, 0.05) is 24.8 Å². The number of ether oxygens (including phenoxy) is 6. The second-order valence-corrected chi connectivity index (χ2v) is 9.51. The van der Waals surface area contributed by atoms with Gasteiger partial charge in [-0.3, -0.25) is 4.79 Å². The zero-order valence-corrected chi connectivity index (χ0v) is 23.8. The quantitative estimate of drug-likeness (QED) is 0.160.